The third-order valence-corrected chi connectivity index (χ3v) is 5.57. The number of benzene rings is 1. The molecular formula is C17H19ClN4O5. The summed E-state index contributed by atoms with van der Waals surface area (Å²) in [6.07, 6.45) is 3.21. The molecule has 27 heavy (non-hydrogen) atoms. The van der Waals surface area contributed by atoms with Gasteiger partial charge in [0.25, 0.3) is 11.6 Å². The van der Waals surface area contributed by atoms with Gasteiger partial charge >= 0.3 is 6.03 Å². The van der Waals surface area contributed by atoms with Gasteiger partial charge in [-0.15, -0.1) is 0 Å². The van der Waals surface area contributed by atoms with E-state index < -0.39 is 34.9 Å². The Morgan fingerprint density at radius 2 is 2.19 bits per heavy atom. The molecule has 144 valence electrons. The van der Waals surface area contributed by atoms with Gasteiger partial charge in [0.1, 0.15) is 12.1 Å². The highest BCUT2D eigenvalue weighted by molar-refractivity contribution is 6.33. The number of urea groups is 1. The minimum Gasteiger partial charge on any atom is -0.323 e. The number of halogens is 1. The lowest BCUT2D eigenvalue weighted by Crippen LogP contribution is -2.54. The van der Waals surface area contributed by atoms with E-state index in [1.807, 2.05) is 6.92 Å². The second kappa shape index (κ2) is 7.15. The first-order valence-electron chi connectivity index (χ1n) is 8.62. The van der Waals surface area contributed by atoms with Gasteiger partial charge in [0.2, 0.25) is 5.91 Å². The van der Waals surface area contributed by atoms with Crippen molar-refractivity contribution >= 4 is 40.8 Å². The van der Waals surface area contributed by atoms with Gasteiger partial charge in [-0.3, -0.25) is 24.6 Å². The molecule has 1 heterocycles. The molecule has 9 nitrogen and oxygen atoms in total. The van der Waals surface area contributed by atoms with Gasteiger partial charge in [-0.05, 0) is 24.8 Å². The van der Waals surface area contributed by atoms with E-state index in [1.165, 1.54) is 12.1 Å². The van der Waals surface area contributed by atoms with Crippen LogP contribution in [0.1, 0.15) is 32.6 Å². The third-order valence-electron chi connectivity index (χ3n) is 5.24. The standard InChI is InChI=1S/C17H19ClN4O5/c1-10-4-2-3-7-17(10)15(24)21(16(25)20-17)9-14(23)19-13-8-11(22(26)27)5-6-12(13)18/h5-6,8,10H,2-4,7,9H2,1H3,(H,19,23)(H,20,25)/t10-,17-/m0/s1. The number of imide groups is 1. The van der Waals surface area contributed by atoms with Gasteiger partial charge in [-0.2, -0.15) is 0 Å². The van der Waals surface area contributed by atoms with Gasteiger partial charge in [0.15, 0.2) is 0 Å². The maximum absolute atomic E-state index is 12.8. The van der Waals surface area contributed by atoms with Crippen molar-refractivity contribution in [2.24, 2.45) is 5.92 Å². The van der Waals surface area contributed by atoms with E-state index in [1.54, 1.807) is 0 Å². The number of non-ortho nitro benzene ring substituents is 1. The van der Waals surface area contributed by atoms with E-state index in [4.69, 9.17) is 11.6 Å². The highest BCUT2D eigenvalue weighted by atomic mass is 35.5. The third kappa shape index (κ3) is 3.46. The first-order chi connectivity index (χ1) is 12.7. The molecule has 1 aliphatic heterocycles. The van der Waals surface area contributed by atoms with Crippen molar-refractivity contribution in [1.29, 1.82) is 0 Å². The van der Waals surface area contributed by atoms with Crippen LogP contribution < -0.4 is 10.6 Å². The van der Waals surface area contributed by atoms with E-state index in [0.29, 0.717) is 6.42 Å². The lowest BCUT2D eigenvalue weighted by molar-refractivity contribution is -0.384. The largest absolute Gasteiger partial charge is 0.325 e. The Bertz CT molecular complexity index is 830. The molecule has 1 aromatic rings. The Hall–Kier alpha value is -2.68. The average Bonchev–Trinajstić information content (AvgIpc) is 2.84. The van der Waals surface area contributed by atoms with E-state index in [9.17, 15) is 24.5 Å². The number of nitrogens with one attached hydrogen (secondary N) is 2. The number of amides is 4. The summed E-state index contributed by atoms with van der Waals surface area (Å²) in [5.41, 5.74) is -1.14. The molecule has 0 unspecified atom stereocenters. The Balaban J connectivity index is 1.73. The Kier molecular flexibility index (Phi) is 5.05. The fourth-order valence-corrected chi connectivity index (χ4v) is 3.86. The number of nitrogens with zero attached hydrogens (tertiary/aromatic N) is 2. The van der Waals surface area contributed by atoms with Crippen LogP contribution in [-0.4, -0.2) is 39.8 Å². The molecule has 2 N–H and O–H groups in total. The predicted octanol–water partition coefficient (Wildman–Crippen LogP) is 2.69. The average molecular weight is 395 g/mol. The minimum atomic E-state index is -0.946. The summed E-state index contributed by atoms with van der Waals surface area (Å²) in [4.78, 5) is 48.6. The van der Waals surface area contributed by atoms with Crippen molar-refractivity contribution in [3.8, 4) is 0 Å². The zero-order chi connectivity index (χ0) is 19.8. The van der Waals surface area contributed by atoms with Crippen LogP contribution in [0.15, 0.2) is 18.2 Å². The van der Waals surface area contributed by atoms with Crippen molar-refractivity contribution in [3.05, 3.63) is 33.3 Å². The van der Waals surface area contributed by atoms with Crippen molar-refractivity contribution < 1.29 is 19.3 Å². The molecule has 0 bridgehead atoms. The van der Waals surface area contributed by atoms with E-state index >= 15 is 0 Å². The highest BCUT2D eigenvalue weighted by Crippen LogP contribution is 2.38. The molecule has 0 aromatic heterocycles. The lowest BCUT2D eigenvalue weighted by atomic mass is 9.73. The molecule has 0 radical (unpaired) electrons. The summed E-state index contributed by atoms with van der Waals surface area (Å²) in [7, 11) is 0. The van der Waals surface area contributed by atoms with Gasteiger partial charge in [-0.25, -0.2) is 4.79 Å². The topological polar surface area (TPSA) is 122 Å². The van der Waals surface area contributed by atoms with E-state index in [0.717, 1.165) is 30.2 Å². The van der Waals surface area contributed by atoms with Crippen molar-refractivity contribution in [2.45, 2.75) is 38.1 Å². The zero-order valence-electron chi connectivity index (χ0n) is 14.7. The Morgan fingerprint density at radius 3 is 2.85 bits per heavy atom. The molecule has 1 saturated heterocycles. The number of hydrogen-bond donors (Lipinski definition) is 2. The lowest BCUT2D eigenvalue weighted by Gasteiger charge is -2.36. The van der Waals surface area contributed by atoms with Crippen molar-refractivity contribution in [3.63, 3.8) is 0 Å². The SMILES string of the molecule is C[C@H]1CCCC[C@]12NC(=O)N(CC(=O)Nc1cc([N+](=O)[O-])ccc1Cl)C2=O. The molecule has 1 saturated carbocycles. The minimum absolute atomic E-state index is 0.0121. The number of anilines is 1. The van der Waals surface area contributed by atoms with Crippen LogP contribution in [0.5, 0.6) is 0 Å². The van der Waals surface area contributed by atoms with Gasteiger partial charge in [-0.1, -0.05) is 31.4 Å². The van der Waals surface area contributed by atoms with Crippen LogP contribution in [-0.2, 0) is 9.59 Å². The van der Waals surface area contributed by atoms with Gasteiger partial charge < -0.3 is 10.6 Å². The summed E-state index contributed by atoms with van der Waals surface area (Å²) >= 11 is 5.96. The van der Waals surface area contributed by atoms with Crippen LogP contribution in [0.3, 0.4) is 0 Å². The molecule has 2 atom stereocenters. The number of nitro benzene ring substituents is 1. The second-order valence-electron chi connectivity index (χ2n) is 6.91. The number of carbonyl (C=O) groups is 3. The fourth-order valence-electron chi connectivity index (χ4n) is 3.69. The summed E-state index contributed by atoms with van der Waals surface area (Å²) in [6, 6.07) is 3.02. The highest BCUT2D eigenvalue weighted by Gasteiger charge is 2.55. The summed E-state index contributed by atoms with van der Waals surface area (Å²) in [5.74, 6) is -1.08. The normalized spacial score (nSPS) is 24.8. The van der Waals surface area contributed by atoms with Crippen molar-refractivity contribution in [2.75, 3.05) is 11.9 Å². The molecule has 2 fully saturated rings. The first-order valence-corrected chi connectivity index (χ1v) is 9.00. The fraction of sp³-hybridized carbons (Fsp3) is 0.471. The monoisotopic (exact) mass is 394 g/mol. The molecular weight excluding hydrogens is 376 g/mol. The molecule has 1 aliphatic carbocycles. The van der Waals surface area contributed by atoms with Crippen LogP contribution in [0.25, 0.3) is 0 Å². The molecule has 10 heteroatoms. The van der Waals surface area contributed by atoms with E-state index in [-0.39, 0.29) is 22.3 Å². The van der Waals surface area contributed by atoms with Gasteiger partial charge in [0.05, 0.1) is 15.6 Å². The number of rotatable bonds is 4. The smallest absolute Gasteiger partial charge is 0.323 e. The molecule has 2 aliphatic rings. The van der Waals surface area contributed by atoms with Crippen LogP contribution >= 0.6 is 11.6 Å². The van der Waals surface area contributed by atoms with E-state index in [2.05, 4.69) is 10.6 Å². The van der Waals surface area contributed by atoms with Crippen molar-refractivity contribution in [1.82, 2.24) is 10.2 Å². The van der Waals surface area contributed by atoms with Gasteiger partial charge in [0, 0.05) is 12.1 Å². The van der Waals surface area contributed by atoms with Crippen LogP contribution in [0.4, 0.5) is 16.2 Å². The Labute approximate surface area is 160 Å². The Morgan fingerprint density at radius 1 is 1.44 bits per heavy atom. The number of carbonyl (C=O) groups excluding carboxylic acids is 3. The molecule has 1 aromatic carbocycles. The predicted molar refractivity (Wildman–Crippen MR) is 97.3 cm³/mol. The summed E-state index contributed by atoms with van der Waals surface area (Å²) < 4.78 is 0. The second-order valence-corrected chi connectivity index (χ2v) is 7.32. The molecule has 1 spiro atoms. The quantitative estimate of drug-likeness (QED) is 0.462. The zero-order valence-corrected chi connectivity index (χ0v) is 15.4. The van der Waals surface area contributed by atoms with Crippen LogP contribution in [0.2, 0.25) is 5.02 Å². The maximum Gasteiger partial charge on any atom is 0.325 e. The molecule has 3 rings (SSSR count). The first kappa shape index (κ1) is 19.1. The van der Waals surface area contributed by atoms with Crippen LogP contribution in [0, 0.1) is 16.0 Å². The number of nitro groups is 1. The maximum atomic E-state index is 12.8. The summed E-state index contributed by atoms with van der Waals surface area (Å²) in [5, 5.41) is 16.2. The summed E-state index contributed by atoms with van der Waals surface area (Å²) in [6.45, 7) is 1.43. The number of hydrogen-bond acceptors (Lipinski definition) is 5. The molecule has 4 amide bonds.